The van der Waals surface area contributed by atoms with Gasteiger partial charge in [-0.25, -0.2) is 4.98 Å². The zero-order valence-corrected chi connectivity index (χ0v) is 12.7. The molecule has 5 nitrogen and oxygen atoms in total. The number of rotatable bonds is 6. The summed E-state index contributed by atoms with van der Waals surface area (Å²) in [4.78, 5) is 16.3. The van der Waals surface area contributed by atoms with Gasteiger partial charge in [0.1, 0.15) is 5.82 Å². The molecule has 1 fully saturated rings. The summed E-state index contributed by atoms with van der Waals surface area (Å²) in [5, 5.41) is 10.6. The molecule has 1 heterocycles. The molecule has 0 radical (unpaired) electrons. The zero-order valence-electron chi connectivity index (χ0n) is 11.9. The number of anilines is 1. The lowest BCUT2D eigenvalue weighted by Crippen LogP contribution is -2.14. The summed E-state index contributed by atoms with van der Waals surface area (Å²) in [6.07, 6.45) is 3.37. The monoisotopic (exact) mass is 302 g/mol. The van der Waals surface area contributed by atoms with Crippen LogP contribution in [0.15, 0.2) is 29.4 Å². The SMILES string of the molecule is CCc1ccc(NC(=O)CSc2n[nH]c(C3CC3)n2)cc1. The lowest BCUT2D eigenvalue weighted by molar-refractivity contribution is -0.113. The second kappa shape index (κ2) is 6.30. The molecule has 1 saturated carbocycles. The van der Waals surface area contributed by atoms with Gasteiger partial charge in [0.2, 0.25) is 11.1 Å². The van der Waals surface area contributed by atoms with Crippen molar-refractivity contribution in [1.29, 1.82) is 0 Å². The molecule has 0 bridgehead atoms. The molecule has 6 heteroatoms. The number of thioether (sulfide) groups is 1. The molecule has 1 amide bonds. The topological polar surface area (TPSA) is 70.7 Å². The molecule has 0 saturated heterocycles. The Morgan fingerprint density at radius 3 is 2.81 bits per heavy atom. The number of aromatic amines is 1. The molecule has 2 N–H and O–H groups in total. The summed E-state index contributed by atoms with van der Waals surface area (Å²) in [7, 11) is 0. The number of carbonyl (C=O) groups is 1. The van der Waals surface area contributed by atoms with Crippen LogP contribution in [0, 0.1) is 0 Å². The van der Waals surface area contributed by atoms with Crippen LogP contribution in [-0.2, 0) is 11.2 Å². The third-order valence-corrected chi connectivity index (χ3v) is 4.27. The summed E-state index contributed by atoms with van der Waals surface area (Å²) in [5.41, 5.74) is 2.09. The van der Waals surface area contributed by atoms with Crippen molar-refractivity contribution in [2.45, 2.75) is 37.3 Å². The molecule has 2 aromatic rings. The fourth-order valence-electron chi connectivity index (χ4n) is 2.01. The number of aryl methyl sites for hydroxylation is 1. The smallest absolute Gasteiger partial charge is 0.234 e. The van der Waals surface area contributed by atoms with Crippen LogP contribution in [0.2, 0.25) is 0 Å². The first-order valence-electron chi connectivity index (χ1n) is 7.18. The first-order chi connectivity index (χ1) is 10.2. The van der Waals surface area contributed by atoms with E-state index >= 15 is 0 Å². The highest BCUT2D eigenvalue weighted by molar-refractivity contribution is 7.99. The number of benzene rings is 1. The Bertz CT molecular complexity index is 619. The van der Waals surface area contributed by atoms with E-state index < -0.39 is 0 Å². The predicted octanol–water partition coefficient (Wildman–Crippen LogP) is 2.98. The van der Waals surface area contributed by atoms with Crippen LogP contribution in [-0.4, -0.2) is 26.8 Å². The number of hydrogen-bond acceptors (Lipinski definition) is 4. The molecule has 1 aliphatic rings. The number of hydrogen-bond donors (Lipinski definition) is 2. The molecule has 0 spiro atoms. The van der Waals surface area contributed by atoms with Crippen molar-refractivity contribution >= 4 is 23.4 Å². The van der Waals surface area contributed by atoms with Crippen LogP contribution >= 0.6 is 11.8 Å². The van der Waals surface area contributed by atoms with Crippen LogP contribution in [0.3, 0.4) is 0 Å². The molecule has 1 aromatic carbocycles. The van der Waals surface area contributed by atoms with Crippen molar-refractivity contribution in [2.24, 2.45) is 0 Å². The van der Waals surface area contributed by atoms with Gasteiger partial charge in [-0.05, 0) is 37.0 Å². The Hall–Kier alpha value is -1.82. The van der Waals surface area contributed by atoms with Crippen LogP contribution in [0.1, 0.15) is 37.1 Å². The van der Waals surface area contributed by atoms with Gasteiger partial charge < -0.3 is 5.32 Å². The highest BCUT2D eigenvalue weighted by Gasteiger charge is 2.27. The minimum Gasteiger partial charge on any atom is -0.325 e. The van der Waals surface area contributed by atoms with Crippen LogP contribution in [0.25, 0.3) is 0 Å². The number of carbonyl (C=O) groups excluding carboxylic acids is 1. The van der Waals surface area contributed by atoms with Crippen molar-refractivity contribution < 1.29 is 4.79 Å². The molecule has 0 unspecified atom stereocenters. The van der Waals surface area contributed by atoms with Gasteiger partial charge in [-0.3, -0.25) is 9.89 Å². The van der Waals surface area contributed by atoms with Crippen LogP contribution in [0.4, 0.5) is 5.69 Å². The van der Waals surface area contributed by atoms with E-state index in [-0.39, 0.29) is 5.91 Å². The summed E-state index contributed by atoms with van der Waals surface area (Å²) in [6.45, 7) is 2.11. The largest absolute Gasteiger partial charge is 0.325 e. The molecule has 110 valence electrons. The normalized spacial score (nSPS) is 14.1. The van der Waals surface area contributed by atoms with Crippen molar-refractivity contribution in [3.63, 3.8) is 0 Å². The minimum atomic E-state index is -0.0398. The van der Waals surface area contributed by atoms with Crippen molar-refractivity contribution in [3.05, 3.63) is 35.7 Å². The Kier molecular flexibility index (Phi) is 4.24. The highest BCUT2D eigenvalue weighted by Crippen LogP contribution is 2.38. The van der Waals surface area contributed by atoms with Gasteiger partial charge >= 0.3 is 0 Å². The number of nitrogens with zero attached hydrogens (tertiary/aromatic N) is 2. The standard InChI is InChI=1S/C15H18N4OS/c1-2-10-3-7-12(8-4-10)16-13(20)9-21-15-17-14(18-19-15)11-5-6-11/h3-4,7-8,11H,2,5-6,9H2,1H3,(H,16,20)(H,17,18,19). The summed E-state index contributed by atoms with van der Waals surface area (Å²) in [6, 6.07) is 7.92. The van der Waals surface area contributed by atoms with E-state index in [2.05, 4.69) is 27.4 Å². The molecule has 21 heavy (non-hydrogen) atoms. The number of H-pyrrole nitrogens is 1. The van der Waals surface area contributed by atoms with E-state index in [1.165, 1.54) is 30.2 Å². The van der Waals surface area contributed by atoms with E-state index in [0.717, 1.165) is 17.9 Å². The predicted molar refractivity (Wildman–Crippen MR) is 83.5 cm³/mol. The fraction of sp³-hybridized carbons (Fsp3) is 0.400. The van der Waals surface area contributed by atoms with Gasteiger partial charge in [0.25, 0.3) is 0 Å². The van der Waals surface area contributed by atoms with Gasteiger partial charge in [-0.15, -0.1) is 5.10 Å². The zero-order chi connectivity index (χ0) is 14.7. The first-order valence-corrected chi connectivity index (χ1v) is 8.17. The van der Waals surface area contributed by atoms with Crippen LogP contribution in [0.5, 0.6) is 0 Å². The Morgan fingerprint density at radius 1 is 1.38 bits per heavy atom. The Labute approximate surface area is 127 Å². The van der Waals surface area contributed by atoms with E-state index in [1.807, 2.05) is 24.3 Å². The van der Waals surface area contributed by atoms with Gasteiger partial charge in [0.15, 0.2) is 0 Å². The summed E-state index contributed by atoms with van der Waals surface area (Å²) >= 11 is 1.36. The van der Waals surface area contributed by atoms with Gasteiger partial charge in [-0.2, -0.15) is 0 Å². The average Bonchev–Trinajstić information content (AvgIpc) is 3.25. The lowest BCUT2D eigenvalue weighted by Gasteiger charge is -2.04. The Balaban J connectivity index is 1.48. The maximum Gasteiger partial charge on any atom is 0.234 e. The lowest BCUT2D eigenvalue weighted by atomic mass is 10.1. The van der Waals surface area contributed by atoms with E-state index in [1.54, 1.807) is 0 Å². The number of aromatic nitrogens is 3. The van der Waals surface area contributed by atoms with E-state index in [0.29, 0.717) is 16.8 Å². The van der Waals surface area contributed by atoms with Gasteiger partial charge in [-0.1, -0.05) is 30.8 Å². The van der Waals surface area contributed by atoms with Gasteiger partial charge in [0, 0.05) is 11.6 Å². The number of nitrogens with one attached hydrogen (secondary N) is 2. The molecular weight excluding hydrogens is 284 g/mol. The van der Waals surface area contributed by atoms with Gasteiger partial charge in [0.05, 0.1) is 5.75 Å². The van der Waals surface area contributed by atoms with Crippen LogP contribution < -0.4 is 5.32 Å². The second-order valence-electron chi connectivity index (χ2n) is 5.16. The highest BCUT2D eigenvalue weighted by atomic mass is 32.2. The molecular formula is C15H18N4OS. The molecule has 0 atom stereocenters. The number of amides is 1. The first kappa shape index (κ1) is 14.1. The minimum absolute atomic E-state index is 0.0398. The molecule has 3 rings (SSSR count). The maximum atomic E-state index is 11.9. The fourth-order valence-corrected chi connectivity index (χ4v) is 2.62. The molecule has 0 aliphatic heterocycles. The van der Waals surface area contributed by atoms with E-state index in [4.69, 9.17) is 0 Å². The summed E-state index contributed by atoms with van der Waals surface area (Å²) < 4.78 is 0. The van der Waals surface area contributed by atoms with Crippen molar-refractivity contribution in [2.75, 3.05) is 11.1 Å². The van der Waals surface area contributed by atoms with Crippen molar-refractivity contribution in [1.82, 2.24) is 15.2 Å². The maximum absolute atomic E-state index is 11.9. The van der Waals surface area contributed by atoms with Crippen molar-refractivity contribution in [3.8, 4) is 0 Å². The summed E-state index contributed by atoms with van der Waals surface area (Å²) in [5.74, 6) is 1.78. The molecule has 1 aliphatic carbocycles. The second-order valence-corrected chi connectivity index (χ2v) is 6.11. The average molecular weight is 302 g/mol. The quantitative estimate of drug-likeness (QED) is 0.805. The Morgan fingerprint density at radius 2 is 2.14 bits per heavy atom. The third-order valence-electron chi connectivity index (χ3n) is 3.42. The van der Waals surface area contributed by atoms with E-state index in [9.17, 15) is 4.79 Å². The molecule has 1 aromatic heterocycles. The third kappa shape index (κ3) is 3.85.